The lowest BCUT2D eigenvalue weighted by atomic mass is 9.97. The van der Waals surface area contributed by atoms with E-state index >= 15 is 0 Å². The third-order valence-corrected chi connectivity index (χ3v) is 5.50. The lowest BCUT2D eigenvalue weighted by Crippen LogP contribution is -2.11. The minimum atomic E-state index is -0.00158. The first-order chi connectivity index (χ1) is 11.2. The molecule has 4 heteroatoms. The van der Waals surface area contributed by atoms with E-state index in [1.54, 1.807) is 11.3 Å². The molecule has 0 bridgehead atoms. The van der Waals surface area contributed by atoms with Crippen LogP contribution in [0.2, 0.25) is 0 Å². The molecule has 0 saturated heterocycles. The number of nitrogens with zero attached hydrogens (tertiary/aromatic N) is 1. The van der Waals surface area contributed by atoms with Crippen LogP contribution in [-0.2, 0) is 12.8 Å². The maximum Gasteiger partial charge on any atom is 0.260 e. The molecule has 0 amide bonds. The van der Waals surface area contributed by atoms with Crippen LogP contribution in [0.4, 0.5) is 0 Å². The zero-order chi connectivity index (χ0) is 15.8. The normalized spacial score (nSPS) is 14.5. The third kappa shape index (κ3) is 2.75. The molecule has 3 aromatic rings. The van der Waals surface area contributed by atoms with Crippen LogP contribution >= 0.6 is 11.3 Å². The molecule has 1 aliphatic carbocycles. The molecule has 1 aliphatic rings. The molecule has 0 radical (unpaired) electrons. The first-order valence-corrected chi connectivity index (χ1v) is 8.82. The number of benzene rings is 1. The van der Waals surface area contributed by atoms with Crippen LogP contribution in [0.1, 0.15) is 40.2 Å². The monoisotopic (exact) mass is 322 g/mol. The predicted octanol–water partition coefficient (Wildman–Crippen LogP) is 4.34. The Balaban J connectivity index is 1.75. The zero-order valence-electron chi connectivity index (χ0n) is 13.1. The Bertz CT molecular complexity index is 965. The molecule has 1 N–H and O–H groups in total. The van der Waals surface area contributed by atoms with Crippen molar-refractivity contribution in [2.45, 2.75) is 32.6 Å². The number of aromatic nitrogens is 2. The zero-order valence-corrected chi connectivity index (χ0v) is 13.9. The summed E-state index contributed by atoms with van der Waals surface area (Å²) >= 11 is 1.69. The Morgan fingerprint density at radius 1 is 1.22 bits per heavy atom. The van der Waals surface area contributed by atoms with E-state index in [0.717, 1.165) is 28.6 Å². The van der Waals surface area contributed by atoms with Gasteiger partial charge in [0.15, 0.2) is 0 Å². The van der Waals surface area contributed by atoms with Gasteiger partial charge < -0.3 is 4.98 Å². The number of thiophene rings is 1. The summed E-state index contributed by atoms with van der Waals surface area (Å²) in [4.78, 5) is 22.3. The van der Waals surface area contributed by atoms with Crippen LogP contribution in [0.15, 0.2) is 29.1 Å². The Hall–Kier alpha value is -2.20. The second-order valence-corrected chi connectivity index (χ2v) is 7.17. The van der Waals surface area contributed by atoms with E-state index in [4.69, 9.17) is 0 Å². The van der Waals surface area contributed by atoms with Crippen LogP contribution < -0.4 is 5.56 Å². The number of rotatable bonds is 2. The number of H-pyrrole nitrogens is 1. The highest BCUT2D eigenvalue weighted by molar-refractivity contribution is 7.18. The number of aryl methyl sites for hydroxylation is 3. The molecule has 23 heavy (non-hydrogen) atoms. The van der Waals surface area contributed by atoms with E-state index in [9.17, 15) is 4.79 Å². The highest BCUT2D eigenvalue weighted by Gasteiger charge is 2.19. The van der Waals surface area contributed by atoms with Crippen molar-refractivity contribution >= 4 is 33.7 Å². The summed E-state index contributed by atoms with van der Waals surface area (Å²) in [6.45, 7) is 2.07. The fourth-order valence-corrected chi connectivity index (χ4v) is 4.48. The predicted molar refractivity (Wildman–Crippen MR) is 97.0 cm³/mol. The summed E-state index contributed by atoms with van der Waals surface area (Å²) in [5, 5.41) is 0.817. The average Bonchev–Trinajstić information content (AvgIpc) is 2.92. The largest absolute Gasteiger partial charge is 0.306 e. The number of nitrogens with one attached hydrogen (secondary N) is 1. The Labute approximate surface area is 138 Å². The summed E-state index contributed by atoms with van der Waals surface area (Å²) < 4.78 is 0. The van der Waals surface area contributed by atoms with Crippen LogP contribution in [0, 0.1) is 6.92 Å². The Morgan fingerprint density at radius 3 is 2.96 bits per heavy atom. The van der Waals surface area contributed by atoms with Crippen molar-refractivity contribution < 1.29 is 0 Å². The SMILES string of the molecule is Cc1cccc(/C=C/c2nc3sc4c(c3c(=O)[nH]2)CCCC4)c1. The topological polar surface area (TPSA) is 45.8 Å². The van der Waals surface area contributed by atoms with Gasteiger partial charge in [0.2, 0.25) is 0 Å². The van der Waals surface area contributed by atoms with Gasteiger partial charge in [0.05, 0.1) is 5.39 Å². The van der Waals surface area contributed by atoms with Gasteiger partial charge in [-0.25, -0.2) is 4.98 Å². The lowest BCUT2D eigenvalue weighted by Gasteiger charge is -2.09. The molecule has 0 saturated carbocycles. The molecule has 0 spiro atoms. The molecule has 3 nitrogen and oxygen atoms in total. The summed E-state index contributed by atoms with van der Waals surface area (Å²) in [6, 6.07) is 8.25. The van der Waals surface area contributed by atoms with Gasteiger partial charge in [0.25, 0.3) is 5.56 Å². The van der Waals surface area contributed by atoms with Crippen molar-refractivity contribution in [3.8, 4) is 0 Å². The van der Waals surface area contributed by atoms with Gasteiger partial charge in [-0.2, -0.15) is 0 Å². The number of hydrogen-bond acceptors (Lipinski definition) is 3. The number of aromatic amines is 1. The smallest absolute Gasteiger partial charge is 0.260 e. The minimum absolute atomic E-state index is 0.00158. The van der Waals surface area contributed by atoms with Gasteiger partial charge in [0, 0.05) is 4.88 Å². The second-order valence-electron chi connectivity index (χ2n) is 6.09. The van der Waals surface area contributed by atoms with E-state index < -0.39 is 0 Å². The van der Waals surface area contributed by atoms with Gasteiger partial charge in [-0.3, -0.25) is 4.79 Å². The molecular formula is C19H18N2OS. The van der Waals surface area contributed by atoms with Crippen molar-refractivity contribution in [2.24, 2.45) is 0 Å². The van der Waals surface area contributed by atoms with E-state index in [0.29, 0.717) is 5.82 Å². The maximum atomic E-state index is 12.5. The van der Waals surface area contributed by atoms with Crippen molar-refractivity contribution in [1.29, 1.82) is 0 Å². The molecule has 4 rings (SSSR count). The highest BCUT2D eigenvalue weighted by Crippen LogP contribution is 2.33. The second kappa shape index (κ2) is 5.78. The number of fused-ring (bicyclic) bond motifs is 3. The van der Waals surface area contributed by atoms with Gasteiger partial charge in [-0.05, 0) is 49.8 Å². The van der Waals surface area contributed by atoms with Crippen molar-refractivity contribution in [2.75, 3.05) is 0 Å². The van der Waals surface area contributed by atoms with E-state index in [-0.39, 0.29) is 5.56 Å². The quantitative estimate of drug-likeness (QED) is 0.763. The fourth-order valence-electron chi connectivity index (χ4n) is 3.21. The summed E-state index contributed by atoms with van der Waals surface area (Å²) in [5.41, 5.74) is 3.56. The third-order valence-electron chi connectivity index (χ3n) is 4.32. The highest BCUT2D eigenvalue weighted by atomic mass is 32.1. The molecule has 0 unspecified atom stereocenters. The number of hydrogen-bond donors (Lipinski definition) is 1. The first kappa shape index (κ1) is 14.4. The molecular weight excluding hydrogens is 304 g/mol. The molecule has 116 valence electrons. The van der Waals surface area contributed by atoms with E-state index in [1.165, 1.54) is 28.8 Å². The average molecular weight is 322 g/mol. The van der Waals surface area contributed by atoms with Crippen LogP contribution in [0.5, 0.6) is 0 Å². The first-order valence-electron chi connectivity index (χ1n) is 8.00. The summed E-state index contributed by atoms with van der Waals surface area (Å²) in [5.74, 6) is 0.627. The lowest BCUT2D eigenvalue weighted by molar-refractivity contribution is 0.700. The van der Waals surface area contributed by atoms with E-state index in [2.05, 4.69) is 29.0 Å². The van der Waals surface area contributed by atoms with Crippen molar-refractivity contribution in [3.05, 3.63) is 62.0 Å². The standard InChI is InChI=1S/C19H18N2OS/c1-12-5-4-6-13(11-12)9-10-16-20-18(22)17-14-7-2-3-8-15(14)23-19(17)21-16/h4-6,9-11H,2-3,7-8H2,1H3,(H,20,21,22)/b10-9+. The Kier molecular flexibility index (Phi) is 3.62. The molecule has 1 aromatic carbocycles. The van der Waals surface area contributed by atoms with E-state index in [1.807, 2.05) is 24.3 Å². The van der Waals surface area contributed by atoms with Crippen LogP contribution in [0.3, 0.4) is 0 Å². The molecule has 0 fully saturated rings. The fraction of sp³-hybridized carbons (Fsp3) is 0.263. The Morgan fingerprint density at radius 2 is 2.09 bits per heavy atom. The molecule has 2 aromatic heterocycles. The van der Waals surface area contributed by atoms with Crippen LogP contribution in [0.25, 0.3) is 22.4 Å². The van der Waals surface area contributed by atoms with Gasteiger partial charge in [-0.1, -0.05) is 35.9 Å². The van der Waals surface area contributed by atoms with Gasteiger partial charge >= 0.3 is 0 Å². The molecule has 0 aliphatic heterocycles. The van der Waals surface area contributed by atoms with Crippen LogP contribution in [-0.4, -0.2) is 9.97 Å². The summed E-state index contributed by atoms with van der Waals surface area (Å²) in [6.07, 6.45) is 8.37. The van der Waals surface area contributed by atoms with Gasteiger partial charge in [-0.15, -0.1) is 11.3 Å². The van der Waals surface area contributed by atoms with Crippen molar-refractivity contribution in [1.82, 2.24) is 9.97 Å². The minimum Gasteiger partial charge on any atom is -0.306 e. The maximum absolute atomic E-state index is 12.5. The summed E-state index contributed by atoms with van der Waals surface area (Å²) in [7, 11) is 0. The van der Waals surface area contributed by atoms with Crippen molar-refractivity contribution in [3.63, 3.8) is 0 Å². The molecule has 2 heterocycles. The molecule has 0 atom stereocenters. The van der Waals surface area contributed by atoms with Gasteiger partial charge in [0.1, 0.15) is 10.7 Å².